The van der Waals surface area contributed by atoms with E-state index in [1.54, 1.807) is 24.3 Å². The van der Waals surface area contributed by atoms with Crippen molar-refractivity contribution in [3.8, 4) is 0 Å². The highest BCUT2D eigenvalue weighted by atomic mass is 32.2. The van der Waals surface area contributed by atoms with Gasteiger partial charge in [-0.1, -0.05) is 25.1 Å². The van der Waals surface area contributed by atoms with E-state index in [1.165, 1.54) is 11.9 Å². The molecule has 29 heavy (non-hydrogen) atoms. The fraction of sp³-hybridized carbons (Fsp3) is 0.250. The van der Waals surface area contributed by atoms with Crippen molar-refractivity contribution in [2.75, 3.05) is 16.6 Å². The molecule has 0 heterocycles. The van der Waals surface area contributed by atoms with Gasteiger partial charge in [-0.15, -0.1) is 0 Å². The summed E-state index contributed by atoms with van der Waals surface area (Å²) >= 11 is 1.35. The summed E-state index contributed by atoms with van der Waals surface area (Å²) < 4.78 is 3.19. The molecule has 0 aromatic heterocycles. The Kier molecular flexibility index (Phi) is 8.84. The van der Waals surface area contributed by atoms with Crippen molar-refractivity contribution < 1.29 is 19.5 Å². The molecule has 0 aliphatic carbocycles. The van der Waals surface area contributed by atoms with E-state index in [1.807, 2.05) is 31.2 Å². The standard InChI is InChI=1S/C20H24N4O4S/c1-2-9-21-20(28)23-15-6-4-8-17(11-15)29-24-16-7-3-5-14(10-16)18(22-13-25)12-19(26)27/h3-8,10-11,13,18,24H,2,9,12H2,1H3,(H,22,25)(H,26,27)(H2,21,23,28)/t18-/m1/s1. The van der Waals surface area contributed by atoms with E-state index >= 15 is 0 Å². The van der Waals surface area contributed by atoms with Crippen molar-refractivity contribution in [3.05, 3.63) is 54.1 Å². The first-order valence-electron chi connectivity index (χ1n) is 9.11. The maximum Gasteiger partial charge on any atom is 0.319 e. The van der Waals surface area contributed by atoms with Crippen molar-refractivity contribution in [1.82, 2.24) is 10.6 Å². The molecule has 0 aliphatic rings. The first-order valence-corrected chi connectivity index (χ1v) is 9.92. The highest BCUT2D eigenvalue weighted by Crippen LogP contribution is 2.26. The average molecular weight is 417 g/mol. The summed E-state index contributed by atoms with van der Waals surface area (Å²) in [5, 5.41) is 17.1. The summed E-state index contributed by atoms with van der Waals surface area (Å²) in [7, 11) is 0. The minimum absolute atomic E-state index is 0.205. The minimum Gasteiger partial charge on any atom is -0.481 e. The van der Waals surface area contributed by atoms with Gasteiger partial charge in [0, 0.05) is 22.8 Å². The molecule has 2 aromatic carbocycles. The van der Waals surface area contributed by atoms with Crippen LogP contribution in [0.2, 0.25) is 0 Å². The molecule has 0 bridgehead atoms. The monoisotopic (exact) mass is 416 g/mol. The Hall–Kier alpha value is -3.20. The molecule has 2 aromatic rings. The third kappa shape index (κ3) is 7.74. The number of benzene rings is 2. The van der Waals surface area contributed by atoms with Gasteiger partial charge in [-0.25, -0.2) is 4.79 Å². The fourth-order valence-electron chi connectivity index (χ4n) is 2.52. The number of urea groups is 1. The Morgan fingerprint density at radius 3 is 2.62 bits per heavy atom. The lowest BCUT2D eigenvalue weighted by molar-refractivity contribution is -0.137. The molecule has 9 heteroatoms. The number of carbonyl (C=O) groups is 3. The number of amides is 3. The van der Waals surface area contributed by atoms with Crippen molar-refractivity contribution in [1.29, 1.82) is 0 Å². The first-order chi connectivity index (χ1) is 14.0. The second kappa shape index (κ2) is 11.6. The topological polar surface area (TPSA) is 120 Å². The van der Waals surface area contributed by atoms with E-state index in [9.17, 15) is 14.4 Å². The van der Waals surface area contributed by atoms with Crippen molar-refractivity contribution in [3.63, 3.8) is 0 Å². The molecule has 0 saturated carbocycles. The summed E-state index contributed by atoms with van der Waals surface area (Å²) in [5.74, 6) is -0.996. The van der Waals surface area contributed by atoms with Crippen LogP contribution in [0.5, 0.6) is 0 Å². The molecule has 0 aliphatic heterocycles. The van der Waals surface area contributed by atoms with Crippen LogP contribution in [0, 0.1) is 0 Å². The maximum atomic E-state index is 11.8. The second-order valence-corrected chi connectivity index (χ2v) is 7.05. The van der Waals surface area contributed by atoms with Gasteiger partial charge in [0.25, 0.3) is 0 Å². The average Bonchev–Trinajstić information content (AvgIpc) is 2.70. The van der Waals surface area contributed by atoms with Gasteiger partial charge in [0.2, 0.25) is 6.41 Å². The van der Waals surface area contributed by atoms with Crippen LogP contribution in [-0.4, -0.2) is 30.1 Å². The zero-order chi connectivity index (χ0) is 21.1. The largest absolute Gasteiger partial charge is 0.481 e. The van der Waals surface area contributed by atoms with Crippen LogP contribution in [0.4, 0.5) is 16.2 Å². The Labute approximate surface area is 173 Å². The lowest BCUT2D eigenvalue weighted by Gasteiger charge is -2.16. The number of nitrogens with one attached hydrogen (secondary N) is 4. The molecule has 3 amide bonds. The fourth-order valence-corrected chi connectivity index (χ4v) is 3.21. The van der Waals surface area contributed by atoms with E-state index < -0.39 is 12.0 Å². The SMILES string of the molecule is CCCNC(=O)Nc1cccc(SNc2cccc([C@@H](CC(=O)O)NC=O)c2)c1. The molecule has 0 fully saturated rings. The molecule has 5 N–H and O–H groups in total. The number of hydrogen-bond acceptors (Lipinski definition) is 5. The van der Waals surface area contributed by atoms with Crippen LogP contribution >= 0.6 is 11.9 Å². The Morgan fingerprint density at radius 2 is 1.90 bits per heavy atom. The van der Waals surface area contributed by atoms with Crippen LogP contribution in [0.3, 0.4) is 0 Å². The van der Waals surface area contributed by atoms with E-state index in [-0.39, 0.29) is 12.5 Å². The summed E-state index contributed by atoms with van der Waals surface area (Å²) in [6, 6.07) is 13.7. The molecule has 0 spiro atoms. The van der Waals surface area contributed by atoms with Gasteiger partial charge >= 0.3 is 12.0 Å². The highest BCUT2D eigenvalue weighted by Gasteiger charge is 2.15. The van der Waals surface area contributed by atoms with E-state index in [2.05, 4.69) is 20.7 Å². The van der Waals surface area contributed by atoms with E-state index in [0.29, 0.717) is 24.2 Å². The number of carboxylic acid groups (broad SMARTS) is 1. The predicted molar refractivity (Wildman–Crippen MR) is 114 cm³/mol. The quantitative estimate of drug-likeness (QED) is 0.282. The summed E-state index contributed by atoms with van der Waals surface area (Å²) in [5.41, 5.74) is 2.12. The van der Waals surface area contributed by atoms with Gasteiger partial charge in [-0.3, -0.25) is 9.59 Å². The molecule has 0 radical (unpaired) electrons. The second-order valence-electron chi connectivity index (χ2n) is 6.17. The number of aliphatic carboxylic acids is 1. The molecule has 0 saturated heterocycles. The highest BCUT2D eigenvalue weighted by molar-refractivity contribution is 8.00. The number of hydrogen-bond donors (Lipinski definition) is 5. The van der Waals surface area contributed by atoms with Gasteiger partial charge in [0.15, 0.2) is 0 Å². The van der Waals surface area contributed by atoms with Crippen molar-refractivity contribution in [2.45, 2.75) is 30.7 Å². The lowest BCUT2D eigenvalue weighted by Crippen LogP contribution is -2.29. The molecule has 1 atom stereocenters. The minimum atomic E-state index is -0.996. The zero-order valence-corrected chi connectivity index (χ0v) is 16.8. The molecular formula is C20H24N4O4S. The normalized spacial score (nSPS) is 11.2. The van der Waals surface area contributed by atoms with Gasteiger partial charge in [-0.2, -0.15) is 0 Å². The predicted octanol–water partition coefficient (Wildman–Crippen LogP) is 3.60. The number of carbonyl (C=O) groups excluding carboxylic acids is 2. The lowest BCUT2D eigenvalue weighted by atomic mass is 10.0. The van der Waals surface area contributed by atoms with Gasteiger partial charge < -0.3 is 25.8 Å². The van der Waals surface area contributed by atoms with Crippen molar-refractivity contribution >= 4 is 41.7 Å². The van der Waals surface area contributed by atoms with Crippen molar-refractivity contribution in [2.24, 2.45) is 0 Å². The Morgan fingerprint density at radius 1 is 1.14 bits per heavy atom. The first kappa shape index (κ1) is 22.1. The molecule has 0 unspecified atom stereocenters. The number of anilines is 2. The summed E-state index contributed by atoms with van der Waals surface area (Å²) in [6.07, 6.45) is 1.16. The third-order valence-corrected chi connectivity index (χ3v) is 4.68. The van der Waals surface area contributed by atoms with Crippen LogP contribution in [-0.2, 0) is 9.59 Å². The summed E-state index contributed by atoms with van der Waals surface area (Å²) in [4.78, 5) is 34.4. The Bertz CT molecular complexity index is 847. The van der Waals surface area contributed by atoms with Crippen LogP contribution < -0.4 is 20.7 Å². The van der Waals surface area contributed by atoms with Gasteiger partial charge in [0.05, 0.1) is 12.5 Å². The summed E-state index contributed by atoms with van der Waals surface area (Å²) in [6.45, 7) is 2.59. The molecule has 154 valence electrons. The third-order valence-electron chi connectivity index (χ3n) is 3.85. The van der Waals surface area contributed by atoms with Gasteiger partial charge in [0.1, 0.15) is 0 Å². The van der Waals surface area contributed by atoms with Gasteiger partial charge in [-0.05, 0) is 54.3 Å². The van der Waals surface area contributed by atoms with E-state index in [4.69, 9.17) is 5.11 Å². The van der Waals surface area contributed by atoms with Crippen LogP contribution in [0.1, 0.15) is 31.4 Å². The maximum absolute atomic E-state index is 11.8. The molecule has 2 rings (SSSR count). The van der Waals surface area contributed by atoms with E-state index in [0.717, 1.165) is 17.0 Å². The zero-order valence-electron chi connectivity index (χ0n) is 16.0. The van der Waals surface area contributed by atoms with Crippen LogP contribution in [0.25, 0.3) is 0 Å². The number of carboxylic acids is 1. The molecular weight excluding hydrogens is 392 g/mol. The Balaban J connectivity index is 2.01. The van der Waals surface area contributed by atoms with Crippen LogP contribution in [0.15, 0.2) is 53.4 Å². The molecule has 8 nitrogen and oxygen atoms in total. The smallest absolute Gasteiger partial charge is 0.319 e. The number of rotatable bonds is 11.